The van der Waals surface area contributed by atoms with E-state index in [0.29, 0.717) is 6.04 Å². The quantitative estimate of drug-likeness (QED) is 0.856. The molecular formula is C16H22N6. The molecule has 0 atom stereocenters. The largest absolute Gasteiger partial charge is 0.356 e. The fourth-order valence-electron chi connectivity index (χ4n) is 2.93. The van der Waals surface area contributed by atoms with Gasteiger partial charge < -0.3 is 4.90 Å². The summed E-state index contributed by atoms with van der Waals surface area (Å²) in [6.07, 6.45) is 5.64. The molecule has 1 aliphatic rings. The lowest BCUT2D eigenvalue weighted by Crippen LogP contribution is -2.43. The molecule has 0 aliphatic carbocycles. The van der Waals surface area contributed by atoms with Crippen LogP contribution in [0.1, 0.15) is 24.2 Å². The molecule has 0 aromatic carbocycles. The van der Waals surface area contributed by atoms with Crippen LogP contribution >= 0.6 is 0 Å². The van der Waals surface area contributed by atoms with Crippen LogP contribution < -0.4 is 4.90 Å². The first-order valence-corrected chi connectivity index (χ1v) is 7.73. The SMILES string of the molecule is Cc1cc(N(C)C2CCN(Cc3cccnn3)CC2)ncn1. The van der Waals surface area contributed by atoms with Gasteiger partial charge in [0, 0.05) is 50.7 Å². The molecule has 6 nitrogen and oxygen atoms in total. The predicted molar refractivity (Wildman–Crippen MR) is 85.5 cm³/mol. The van der Waals surface area contributed by atoms with Gasteiger partial charge in [-0.1, -0.05) is 0 Å². The van der Waals surface area contributed by atoms with Gasteiger partial charge in [0.15, 0.2) is 0 Å². The molecule has 0 unspecified atom stereocenters. The summed E-state index contributed by atoms with van der Waals surface area (Å²) in [5.74, 6) is 1.01. The zero-order valence-electron chi connectivity index (χ0n) is 13.2. The van der Waals surface area contributed by atoms with Crippen LogP contribution in [0.4, 0.5) is 5.82 Å². The summed E-state index contributed by atoms with van der Waals surface area (Å²) in [7, 11) is 2.13. The summed E-state index contributed by atoms with van der Waals surface area (Å²) in [6, 6.07) is 6.56. The highest BCUT2D eigenvalue weighted by Crippen LogP contribution is 2.21. The smallest absolute Gasteiger partial charge is 0.132 e. The van der Waals surface area contributed by atoms with E-state index in [-0.39, 0.29) is 0 Å². The third-order valence-corrected chi connectivity index (χ3v) is 4.27. The monoisotopic (exact) mass is 298 g/mol. The third-order valence-electron chi connectivity index (χ3n) is 4.27. The molecule has 2 aromatic rings. The van der Waals surface area contributed by atoms with Crippen molar-refractivity contribution in [3.63, 3.8) is 0 Å². The number of anilines is 1. The van der Waals surface area contributed by atoms with Crippen molar-refractivity contribution in [2.24, 2.45) is 0 Å². The molecule has 0 radical (unpaired) electrons. The molecule has 3 heterocycles. The van der Waals surface area contributed by atoms with Crippen molar-refractivity contribution in [1.82, 2.24) is 25.1 Å². The first-order valence-electron chi connectivity index (χ1n) is 7.73. The molecule has 0 N–H and O–H groups in total. The number of aryl methyl sites for hydroxylation is 1. The van der Waals surface area contributed by atoms with E-state index in [1.807, 2.05) is 25.1 Å². The van der Waals surface area contributed by atoms with Crippen LogP contribution in [-0.2, 0) is 6.54 Å². The van der Waals surface area contributed by atoms with E-state index >= 15 is 0 Å². The summed E-state index contributed by atoms with van der Waals surface area (Å²) >= 11 is 0. The summed E-state index contributed by atoms with van der Waals surface area (Å²) in [4.78, 5) is 13.3. The summed E-state index contributed by atoms with van der Waals surface area (Å²) < 4.78 is 0. The minimum absolute atomic E-state index is 0.535. The minimum Gasteiger partial charge on any atom is -0.356 e. The maximum Gasteiger partial charge on any atom is 0.132 e. The molecule has 116 valence electrons. The van der Waals surface area contributed by atoms with Gasteiger partial charge in [-0.3, -0.25) is 4.90 Å². The zero-order valence-corrected chi connectivity index (χ0v) is 13.2. The number of hydrogen-bond acceptors (Lipinski definition) is 6. The van der Waals surface area contributed by atoms with Crippen molar-refractivity contribution in [1.29, 1.82) is 0 Å². The Morgan fingerprint density at radius 2 is 2.09 bits per heavy atom. The van der Waals surface area contributed by atoms with Crippen molar-refractivity contribution >= 4 is 5.82 Å². The summed E-state index contributed by atoms with van der Waals surface area (Å²) in [5.41, 5.74) is 2.05. The van der Waals surface area contributed by atoms with Gasteiger partial charge >= 0.3 is 0 Å². The van der Waals surface area contributed by atoms with Gasteiger partial charge in [-0.2, -0.15) is 10.2 Å². The maximum absolute atomic E-state index is 4.38. The van der Waals surface area contributed by atoms with Gasteiger partial charge in [0.1, 0.15) is 12.1 Å². The lowest BCUT2D eigenvalue weighted by atomic mass is 10.0. The fraction of sp³-hybridized carbons (Fsp3) is 0.500. The molecule has 3 rings (SSSR count). The standard InChI is InChI=1S/C16H22N6/c1-13-10-16(18-12-17-13)21(2)15-5-8-22(9-6-15)11-14-4-3-7-19-20-14/h3-4,7,10,12,15H,5-6,8-9,11H2,1-2H3. The highest BCUT2D eigenvalue weighted by atomic mass is 15.2. The van der Waals surface area contributed by atoms with Gasteiger partial charge in [0.05, 0.1) is 5.69 Å². The molecule has 1 aliphatic heterocycles. The second-order valence-corrected chi connectivity index (χ2v) is 5.85. The number of rotatable bonds is 4. The van der Waals surface area contributed by atoms with Crippen LogP contribution in [-0.4, -0.2) is 51.2 Å². The van der Waals surface area contributed by atoms with Crippen LogP contribution in [0.2, 0.25) is 0 Å². The first-order chi connectivity index (χ1) is 10.7. The Kier molecular flexibility index (Phi) is 4.58. The van der Waals surface area contributed by atoms with E-state index in [9.17, 15) is 0 Å². The highest BCUT2D eigenvalue weighted by molar-refractivity contribution is 5.39. The van der Waals surface area contributed by atoms with Crippen LogP contribution in [0, 0.1) is 6.92 Å². The summed E-state index contributed by atoms with van der Waals surface area (Å²) in [6.45, 7) is 5.05. The average molecular weight is 298 g/mol. The van der Waals surface area contributed by atoms with E-state index in [2.05, 4.69) is 37.0 Å². The van der Waals surface area contributed by atoms with Gasteiger partial charge in [-0.05, 0) is 31.9 Å². The van der Waals surface area contributed by atoms with Gasteiger partial charge in [0.25, 0.3) is 0 Å². The van der Waals surface area contributed by atoms with E-state index in [0.717, 1.165) is 49.7 Å². The predicted octanol–water partition coefficient (Wildman–Crippen LogP) is 1.68. The van der Waals surface area contributed by atoms with Crippen molar-refractivity contribution in [3.05, 3.63) is 42.1 Å². The second kappa shape index (κ2) is 6.79. The van der Waals surface area contributed by atoms with Crippen molar-refractivity contribution < 1.29 is 0 Å². The zero-order chi connectivity index (χ0) is 15.4. The highest BCUT2D eigenvalue weighted by Gasteiger charge is 2.23. The molecular weight excluding hydrogens is 276 g/mol. The van der Waals surface area contributed by atoms with Gasteiger partial charge in [0.2, 0.25) is 0 Å². The molecule has 0 saturated carbocycles. The first kappa shape index (κ1) is 14.8. The van der Waals surface area contributed by atoms with Crippen molar-refractivity contribution in [2.75, 3.05) is 25.0 Å². The Balaban J connectivity index is 1.55. The topological polar surface area (TPSA) is 58.0 Å². The molecule has 2 aromatic heterocycles. The maximum atomic E-state index is 4.38. The Hall–Kier alpha value is -2.08. The van der Waals surface area contributed by atoms with Crippen molar-refractivity contribution in [2.45, 2.75) is 32.4 Å². The van der Waals surface area contributed by atoms with E-state index in [1.54, 1.807) is 12.5 Å². The van der Waals surface area contributed by atoms with E-state index in [4.69, 9.17) is 0 Å². The molecule has 1 fully saturated rings. The van der Waals surface area contributed by atoms with Crippen LogP contribution in [0.15, 0.2) is 30.7 Å². The molecule has 0 spiro atoms. The summed E-state index contributed by atoms with van der Waals surface area (Å²) in [5, 5.41) is 8.11. The molecule has 0 amide bonds. The molecule has 1 saturated heterocycles. The Labute approximate surface area is 131 Å². The number of nitrogens with zero attached hydrogens (tertiary/aromatic N) is 6. The average Bonchev–Trinajstić information content (AvgIpc) is 2.56. The van der Waals surface area contributed by atoms with E-state index in [1.165, 1.54) is 0 Å². The van der Waals surface area contributed by atoms with E-state index < -0.39 is 0 Å². The minimum atomic E-state index is 0.535. The Morgan fingerprint density at radius 3 is 2.77 bits per heavy atom. The van der Waals surface area contributed by atoms with Crippen LogP contribution in [0.5, 0.6) is 0 Å². The van der Waals surface area contributed by atoms with Crippen LogP contribution in [0.25, 0.3) is 0 Å². The Bertz CT molecular complexity index is 595. The lowest BCUT2D eigenvalue weighted by molar-refractivity contribution is 0.200. The molecule has 0 bridgehead atoms. The van der Waals surface area contributed by atoms with Gasteiger partial charge in [-0.25, -0.2) is 9.97 Å². The molecule has 6 heteroatoms. The fourth-order valence-corrected chi connectivity index (χ4v) is 2.93. The number of hydrogen-bond donors (Lipinski definition) is 0. The Morgan fingerprint density at radius 1 is 1.27 bits per heavy atom. The number of aromatic nitrogens is 4. The van der Waals surface area contributed by atoms with Gasteiger partial charge in [-0.15, -0.1) is 0 Å². The van der Waals surface area contributed by atoms with Crippen LogP contribution in [0.3, 0.4) is 0 Å². The van der Waals surface area contributed by atoms with Crippen molar-refractivity contribution in [3.8, 4) is 0 Å². The number of likely N-dealkylation sites (tertiary alicyclic amines) is 1. The molecule has 22 heavy (non-hydrogen) atoms. The third kappa shape index (κ3) is 3.57. The second-order valence-electron chi connectivity index (χ2n) is 5.85. The lowest BCUT2D eigenvalue weighted by Gasteiger charge is -2.37. The number of piperidine rings is 1. The normalized spacial score (nSPS) is 16.6.